The molecule has 0 aromatic heterocycles. The van der Waals surface area contributed by atoms with Crippen LogP contribution >= 0.6 is 0 Å². The van der Waals surface area contributed by atoms with Crippen LogP contribution in [-0.4, -0.2) is 37.4 Å². The van der Waals surface area contributed by atoms with Crippen molar-refractivity contribution in [1.29, 1.82) is 0 Å². The molecule has 0 N–H and O–H groups in total. The van der Waals surface area contributed by atoms with Crippen molar-refractivity contribution in [2.24, 2.45) is 5.41 Å². The van der Waals surface area contributed by atoms with Crippen molar-refractivity contribution in [3.8, 4) is 5.75 Å². The summed E-state index contributed by atoms with van der Waals surface area (Å²) in [4.78, 5) is 14.7. The van der Waals surface area contributed by atoms with Gasteiger partial charge in [-0.3, -0.25) is 4.79 Å². The lowest BCUT2D eigenvalue weighted by Gasteiger charge is -2.29. The standard InChI is InChI=1S/C18H27NO2/c1-6-19(7-2)14-18(3,4)17(20)13-10-15-8-11-16(21-5)12-9-15/h8-13H,6-7,14H2,1-5H3/b13-10+. The normalized spacial score (nSPS) is 12.1. The number of ketones is 1. The first-order valence-corrected chi connectivity index (χ1v) is 7.51. The maximum atomic E-state index is 12.4. The number of rotatable bonds is 8. The molecule has 0 unspecified atom stereocenters. The Morgan fingerprint density at radius 2 is 1.76 bits per heavy atom. The number of methoxy groups -OCH3 is 1. The lowest BCUT2D eigenvalue weighted by atomic mass is 9.87. The molecule has 0 saturated carbocycles. The molecule has 3 nitrogen and oxygen atoms in total. The van der Waals surface area contributed by atoms with Gasteiger partial charge in [0.05, 0.1) is 7.11 Å². The van der Waals surface area contributed by atoms with E-state index in [1.807, 2.05) is 44.2 Å². The average Bonchev–Trinajstić information content (AvgIpc) is 2.50. The number of ether oxygens (including phenoxy) is 1. The lowest BCUT2D eigenvalue weighted by Crippen LogP contribution is -2.38. The SMILES string of the molecule is CCN(CC)CC(C)(C)C(=O)/C=C/c1ccc(OC)cc1. The fourth-order valence-electron chi connectivity index (χ4n) is 2.20. The van der Waals surface area contributed by atoms with Crippen molar-refractivity contribution < 1.29 is 9.53 Å². The summed E-state index contributed by atoms with van der Waals surface area (Å²) < 4.78 is 5.12. The van der Waals surface area contributed by atoms with Crippen LogP contribution in [0.1, 0.15) is 33.3 Å². The van der Waals surface area contributed by atoms with Crippen LogP contribution in [0.5, 0.6) is 5.75 Å². The first-order valence-electron chi connectivity index (χ1n) is 7.51. The zero-order valence-corrected chi connectivity index (χ0v) is 13.8. The first kappa shape index (κ1) is 17.4. The third kappa shape index (κ3) is 5.35. The Labute approximate surface area is 128 Å². The van der Waals surface area contributed by atoms with E-state index in [1.165, 1.54) is 0 Å². The average molecular weight is 289 g/mol. The molecule has 0 radical (unpaired) electrons. The van der Waals surface area contributed by atoms with Gasteiger partial charge in [0.25, 0.3) is 0 Å². The minimum atomic E-state index is -0.366. The molecule has 0 atom stereocenters. The Morgan fingerprint density at radius 1 is 1.19 bits per heavy atom. The largest absolute Gasteiger partial charge is 0.497 e. The Hall–Kier alpha value is -1.61. The highest BCUT2D eigenvalue weighted by Gasteiger charge is 2.27. The highest BCUT2D eigenvalue weighted by molar-refractivity contribution is 5.97. The summed E-state index contributed by atoms with van der Waals surface area (Å²) in [7, 11) is 1.64. The first-order chi connectivity index (χ1) is 9.92. The summed E-state index contributed by atoms with van der Waals surface area (Å²) in [5.74, 6) is 0.977. The molecule has 3 heteroatoms. The third-order valence-electron chi connectivity index (χ3n) is 3.72. The molecule has 116 valence electrons. The van der Waals surface area contributed by atoms with Crippen LogP contribution in [0.3, 0.4) is 0 Å². The van der Waals surface area contributed by atoms with Gasteiger partial charge >= 0.3 is 0 Å². The fourth-order valence-corrected chi connectivity index (χ4v) is 2.20. The predicted octanol–water partition coefficient (Wildman–Crippen LogP) is 3.65. The number of nitrogens with zero attached hydrogens (tertiary/aromatic N) is 1. The molecule has 0 aliphatic heterocycles. The topological polar surface area (TPSA) is 29.5 Å². The van der Waals surface area contributed by atoms with Gasteiger partial charge in [-0.15, -0.1) is 0 Å². The van der Waals surface area contributed by atoms with Crippen LogP contribution in [0.15, 0.2) is 30.3 Å². The molecule has 1 aromatic rings. The van der Waals surface area contributed by atoms with Crippen molar-refractivity contribution >= 4 is 11.9 Å². The minimum absolute atomic E-state index is 0.158. The van der Waals surface area contributed by atoms with Gasteiger partial charge in [0.15, 0.2) is 5.78 Å². The summed E-state index contributed by atoms with van der Waals surface area (Å²) in [5.41, 5.74) is 0.637. The van der Waals surface area contributed by atoms with Crippen LogP contribution in [0.4, 0.5) is 0 Å². The van der Waals surface area contributed by atoms with E-state index in [0.717, 1.165) is 30.9 Å². The fraction of sp³-hybridized carbons (Fsp3) is 0.500. The van der Waals surface area contributed by atoms with Crippen LogP contribution < -0.4 is 4.74 Å². The highest BCUT2D eigenvalue weighted by atomic mass is 16.5. The molecule has 0 bridgehead atoms. The summed E-state index contributed by atoms with van der Waals surface area (Å²) >= 11 is 0. The zero-order valence-electron chi connectivity index (χ0n) is 13.8. The second-order valence-electron chi connectivity index (χ2n) is 5.82. The Balaban J connectivity index is 2.71. The van der Waals surface area contributed by atoms with Gasteiger partial charge in [-0.2, -0.15) is 0 Å². The molecular weight excluding hydrogens is 262 g/mol. The zero-order chi connectivity index (χ0) is 15.9. The maximum absolute atomic E-state index is 12.4. The van der Waals surface area contributed by atoms with E-state index in [-0.39, 0.29) is 11.2 Å². The Morgan fingerprint density at radius 3 is 2.24 bits per heavy atom. The number of benzene rings is 1. The second kappa shape index (κ2) is 7.99. The summed E-state index contributed by atoms with van der Waals surface area (Å²) in [6.07, 6.45) is 3.55. The van der Waals surface area contributed by atoms with Crippen molar-refractivity contribution in [2.45, 2.75) is 27.7 Å². The number of carbonyl (C=O) groups is 1. The molecule has 21 heavy (non-hydrogen) atoms. The molecule has 0 aliphatic carbocycles. The van der Waals surface area contributed by atoms with E-state index < -0.39 is 0 Å². The van der Waals surface area contributed by atoms with Crippen molar-refractivity contribution in [3.63, 3.8) is 0 Å². The van der Waals surface area contributed by atoms with Gasteiger partial charge in [0.1, 0.15) is 5.75 Å². The van der Waals surface area contributed by atoms with Crippen molar-refractivity contribution in [2.75, 3.05) is 26.7 Å². The lowest BCUT2D eigenvalue weighted by molar-refractivity contribution is -0.123. The molecule has 0 saturated heterocycles. The highest BCUT2D eigenvalue weighted by Crippen LogP contribution is 2.20. The third-order valence-corrected chi connectivity index (χ3v) is 3.72. The van der Waals surface area contributed by atoms with E-state index in [1.54, 1.807) is 13.2 Å². The number of carbonyl (C=O) groups excluding carboxylic acids is 1. The van der Waals surface area contributed by atoms with Gasteiger partial charge in [-0.1, -0.05) is 45.9 Å². The predicted molar refractivity (Wildman–Crippen MR) is 88.6 cm³/mol. The molecule has 0 heterocycles. The van der Waals surface area contributed by atoms with Crippen LogP contribution in [0.2, 0.25) is 0 Å². The van der Waals surface area contributed by atoms with E-state index in [0.29, 0.717) is 0 Å². The number of hydrogen-bond donors (Lipinski definition) is 0. The molecule has 1 rings (SSSR count). The van der Waals surface area contributed by atoms with Gasteiger partial charge in [-0.25, -0.2) is 0 Å². The second-order valence-corrected chi connectivity index (χ2v) is 5.82. The van der Waals surface area contributed by atoms with Gasteiger partial charge in [0, 0.05) is 12.0 Å². The molecule has 1 aromatic carbocycles. The molecule has 0 aliphatic rings. The molecule has 0 amide bonds. The van der Waals surface area contributed by atoms with E-state index >= 15 is 0 Å². The van der Waals surface area contributed by atoms with Crippen molar-refractivity contribution in [3.05, 3.63) is 35.9 Å². The monoisotopic (exact) mass is 289 g/mol. The van der Waals surface area contributed by atoms with Crippen LogP contribution in [0.25, 0.3) is 6.08 Å². The maximum Gasteiger partial charge on any atom is 0.162 e. The van der Waals surface area contributed by atoms with E-state index in [9.17, 15) is 4.79 Å². The van der Waals surface area contributed by atoms with Gasteiger partial charge < -0.3 is 9.64 Å². The summed E-state index contributed by atoms with van der Waals surface area (Å²) in [6, 6.07) is 7.68. The number of hydrogen-bond acceptors (Lipinski definition) is 3. The van der Waals surface area contributed by atoms with Gasteiger partial charge in [-0.05, 0) is 36.9 Å². The van der Waals surface area contributed by atoms with Crippen molar-refractivity contribution in [1.82, 2.24) is 4.90 Å². The number of allylic oxidation sites excluding steroid dienone is 1. The van der Waals surface area contributed by atoms with E-state index in [2.05, 4.69) is 18.7 Å². The quantitative estimate of drug-likeness (QED) is 0.684. The minimum Gasteiger partial charge on any atom is -0.497 e. The van der Waals surface area contributed by atoms with Crippen LogP contribution in [-0.2, 0) is 4.79 Å². The van der Waals surface area contributed by atoms with Gasteiger partial charge in [0.2, 0.25) is 0 Å². The smallest absolute Gasteiger partial charge is 0.162 e. The molecular formula is C18H27NO2. The Bertz CT molecular complexity index is 470. The molecule has 0 spiro atoms. The van der Waals surface area contributed by atoms with E-state index in [4.69, 9.17) is 4.74 Å². The Kier molecular flexibility index (Phi) is 6.63. The van der Waals surface area contributed by atoms with Crippen LogP contribution in [0, 0.1) is 5.41 Å². The molecule has 0 fully saturated rings. The summed E-state index contributed by atoms with van der Waals surface area (Å²) in [6.45, 7) is 11.0. The summed E-state index contributed by atoms with van der Waals surface area (Å²) in [5, 5.41) is 0.